The summed E-state index contributed by atoms with van der Waals surface area (Å²) in [6, 6.07) is 6.73. The Morgan fingerprint density at radius 1 is 1.23 bits per heavy atom. The highest BCUT2D eigenvalue weighted by Gasteiger charge is 2.41. The molecule has 0 aliphatic carbocycles. The summed E-state index contributed by atoms with van der Waals surface area (Å²) in [6.07, 6.45) is 2.73. The summed E-state index contributed by atoms with van der Waals surface area (Å²) in [5.41, 5.74) is 2.56. The maximum absolute atomic E-state index is 13.7. The van der Waals surface area contributed by atoms with Gasteiger partial charge in [-0.2, -0.15) is 0 Å². The molecule has 1 unspecified atom stereocenters. The van der Waals surface area contributed by atoms with Gasteiger partial charge in [0.2, 0.25) is 6.41 Å². The van der Waals surface area contributed by atoms with E-state index in [4.69, 9.17) is 0 Å². The molecule has 1 atom stereocenters. The van der Waals surface area contributed by atoms with Crippen molar-refractivity contribution in [3.8, 4) is 0 Å². The van der Waals surface area contributed by atoms with Crippen molar-refractivity contribution in [2.24, 2.45) is 4.99 Å². The summed E-state index contributed by atoms with van der Waals surface area (Å²) < 4.78 is 27.0. The van der Waals surface area contributed by atoms with Gasteiger partial charge >= 0.3 is 5.97 Å². The molecule has 0 radical (unpaired) electrons. The van der Waals surface area contributed by atoms with Crippen LogP contribution in [0.5, 0.6) is 0 Å². The van der Waals surface area contributed by atoms with Crippen LogP contribution in [-0.4, -0.2) is 29.5 Å². The van der Waals surface area contributed by atoms with E-state index in [-0.39, 0.29) is 24.4 Å². The number of halogens is 2. The molecule has 0 fully saturated rings. The molecule has 9 heteroatoms. The topological polar surface area (TPSA) is 99.1 Å². The van der Waals surface area contributed by atoms with Crippen LogP contribution in [0.4, 0.5) is 20.2 Å². The van der Waals surface area contributed by atoms with Gasteiger partial charge in [0.1, 0.15) is 0 Å². The number of ketones is 1. The number of aliphatic imine (C=N–C) groups is 1. The first-order chi connectivity index (χ1) is 14.4. The summed E-state index contributed by atoms with van der Waals surface area (Å²) in [5, 5.41) is 11.7. The Bertz CT molecular complexity index is 1140. The van der Waals surface area contributed by atoms with Crippen LogP contribution in [0.15, 0.2) is 47.2 Å². The second-order valence-corrected chi connectivity index (χ2v) is 6.87. The number of hydrogen-bond acceptors (Lipinski definition) is 5. The quantitative estimate of drug-likeness (QED) is 0.713. The lowest BCUT2D eigenvalue weighted by Crippen LogP contribution is -2.24. The van der Waals surface area contributed by atoms with Crippen LogP contribution in [0, 0.1) is 11.6 Å². The highest BCUT2D eigenvalue weighted by molar-refractivity contribution is 6.33. The zero-order valence-corrected chi connectivity index (χ0v) is 15.4. The molecule has 2 aromatic rings. The fourth-order valence-electron chi connectivity index (χ4n) is 3.85. The third-order valence-corrected chi connectivity index (χ3v) is 5.06. The number of carbonyl (C=O) groups is 3. The molecule has 0 bridgehead atoms. The number of Topliss-reactive ketones (excluding diaryl/α,β-unsaturated/α-hetero) is 1. The van der Waals surface area contributed by atoms with Crippen LogP contribution in [-0.2, 0) is 27.3 Å². The largest absolute Gasteiger partial charge is 0.481 e. The van der Waals surface area contributed by atoms with E-state index in [1.807, 2.05) is 0 Å². The number of fused-ring (bicyclic) bond motifs is 3. The lowest BCUT2D eigenvalue weighted by molar-refractivity contribution is -0.136. The van der Waals surface area contributed by atoms with Crippen molar-refractivity contribution in [1.29, 1.82) is 0 Å². The number of carbonyl (C=O) groups excluding carboxylic acids is 2. The number of anilines is 2. The Labute approximate surface area is 169 Å². The fourth-order valence-corrected chi connectivity index (χ4v) is 3.85. The van der Waals surface area contributed by atoms with Gasteiger partial charge in [0.15, 0.2) is 17.4 Å². The van der Waals surface area contributed by atoms with Gasteiger partial charge in [0, 0.05) is 24.0 Å². The predicted octanol–water partition coefficient (Wildman–Crippen LogP) is 2.76. The lowest BCUT2D eigenvalue weighted by atomic mass is 9.90. The molecular formula is C21H15F2N3O4. The zero-order chi connectivity index (χ0) is 21.4. The highest BCUT2D eigenvalue weighted by Crippen LogP contribution is 2.50. The van der Waals surface area contributed by atoms with Crippen LogP contribution in [0.25, 0.3) is 0 Å². The van der Waals surface area contributed by atoms with E-state index < -0.39 is 23.5 Å². The smallest absolute Gasteiger partial charge is 0.307 e. The molecule has 2 aliphatic heterocycles. The minimum atomic E-state index is -1.09. The highest BCUT2D eigenvalue weighted by atomic mass is 19.2. The molecule has 0 saturated carbocycles. The van der Waals surface area contributed by atoms with Crippen molar-refractivity contribution >= 4 is 35.8 Å². The van der Waals surface area contributed by atoms with Crippen molar-refractivity contribution in [2.75, 3.05) is 10.2 Å². The fraction of sp³-hybridized carbons (Fsp3) is 0.143. The Kier molecular flexibility index (Phi) is 4.86. The van der Waals surface area contributed by atoms with E-state index in [0.29, 0.717) is 34.5 Å². The van der Waals surface area contributed by atoms with Gasteiger partial charge in [0.25, 0.3) is 0 Å². The number of allylic oxidation sites excluding steroid dienone is 1. The van der Waals surface area contributed by atoms with E-state index in [9.17, 15) is 28.3 Å². The van der Waals surface area contributed by atoms with Crippen LogP contribution >= 0.6 is 0 Å². The maximum Gasteiger partial charge on any atom is 0.307 e. The third kappa shape index (κ3) is 3.24. The van der Waals surface area contributed by atoms with Gasteiger partial charge in [-0.05, 0) is 29.3 Å². The van der Waals surface area contributed by atoms with Gasteiger partial charge in [-0.3, -0.25) is 19.4 Å². The molecule has 2 aromatic carbocycles. The minimum absolute atomic E-state index is 0.119. The molecule has 0 aromatic heterocycles. The molecule has 7 nitrogen and oxygen atoms in total. The number of amides is 1. The van der Waals surface area contributed by atoms with E-state index in [2.05, 4.69) is 10.3 Å². The predicted molar refractivity (Wildman–Crippen MR) is 104 cm³/mol. The summed E-state index contributed by atoms with van der Waals surface area (Å²) in [7, 11) is 0. The van der Waals surface area contributed by atoms with E-state index in [1.54, 1.807) is 17.0 Å². The van der Waals surface area contributed by atoms with Gasteiger partial charge in [-0.1, -0.05) is 12.1 Å². The van der Waals surface area contributed by atoms with Crippen LogP contribution in [0.3, 0.4) is 0 Å². The van der Waals surface area contributed by atoms with Crippen LogP contribution in [0.1, 0.15) is 22.6 Å². The molecule has 2 N–H and O–H groups in total. The number of hydrogen-bond donors (Lipinski definition) is 2. The molecule has 0 saturated heterocycles. The number of carboxylic acids is 1. The monoisotopic (exact) mass is 411 g/mol. The number of benzene rings is 2. The molecule has 1 amide bonds. The first-order valence-electron chi connectivity index (χ1n) is 8.97. The summed E-state index contributed by atoms with van der Waals surface area (Å²) >= 11 is 0. The Balaban J connectivity index is 1.86. The van der Waals surface area contributed by atoms with Crippen LogP contribution in [0.2, 0.25) is 0 Å². The van der Waals surface area contributed by atoms with Crippen molar-refractivity contribution < 1.29 is 28.3 Å². The van der Waals surface area contributed by atoms with E-state index in [0.717, 1.165) is 18.3 Å². The van der Waals surface area contributed by atoms with Crippen molar-refractivity contribution in [3.05, 3.63) is 70.6 Å². The summed E-state index contributed by atoms with van der Waals surface area (Å²) in [5.74, 6) is -4.17. The Hall–Kier alpha value is -3.88. The van der Waals surface area contributed by atoms with Crippen molar-refractivity contribution in [1.82, 2.24) is 0 Å². The van der Waals surface area contributed by atoms with Gasteiger partial charge in [0.05, 0.1) is 29.9 Å². The number of nitrogens with zero attached hydrogens (tertiary/aromatic N) is 2. The van der Waals surface area contributed by atoms with Crippen molar-refractivity contribution in [3.63, 3.8) is 0 Å². The molecule has 2 aliphatic rings. The van der Waals surface area contributed by atoms with Crippen LogP contribution < -0.4 is 10.2 Å². The zero-order valence-electron chi connectivity index (χ0n) is 15.4. The average Bonchev–Trinajstić information content (AvgIpc) is 3.01. The summed E-state index contributed by atoms with van der Waals surface area (Å²) in [4.78, 5) is 40.8. The Morgan fingerprint density at radius 3 is 2.73 bits per heavy atom. The standard InChI is InChI=1S/C21H15F2N3O4/c22-13-3-1-11(5-14(13)23)9-26-15-4-2-12(6-18(29)30)21(25-10-27)20(15)19-16(26)7-24-8-17(19)28/h1-5,7-8,10,19H,6,9H2,(H,25,27)(H,29,30). The Morgan fingerprint density at radius 2 is 2.03 bits per heavy atom. The molecule has 0 spiro atoms. The second kappa shape index (κ2) is 7.51. The third-order valence-electron chi connectivity index (χ3n) is 5.06. The van der Waals surface area contributed by atoms with Gasteiger partial charge in [-0.15, -0.1) is 0 Å². The minimum Gasteiger partial charge on any atom is -0.481 e. The average molecular weight is 411 g/mol. The first kappa shape index (κ1) is 19.4. The van der Waals surface area contributed by atoms with Gasteiger partial charge in [-0.25, -0.2) is 8.78 Å². The first-order valence-corrected chi connectivity index (χ1v) is 8.97. The van der Waals surface area contributed by atoms with E-state index >= 15 is 0 Å². The number of rotatable bonds is 6. The van der Waals surface area contributed by atoms with Gasteiger partial charge < -0.3 is 15.3 Å². The number of aliphatic carboxylic acids is 1. The molecule has 4 rings (SSSR count). The molecule has 30 heavy (non-hydrogen) atoms. The molecular weight excluding hydrogens is 396 g/mol. The normalized spacial score (nSPS) is 16.7. The maximum atomic E-state index is 13.7. The van der Waals surface area contributed by atoms with E-state index in [1.165, 1.54) is 12.3 Å². The second-order valence-electron chi connectivity index (χ2n) is 6.87. The SMILES string of the molecule is O=CNc1c(CC(=O)O)ccc2c1C1C(=O)C=NC=C1N2Cc1ccc(F)c(F)c1. The number of nitrogens with one attached hydrogen (secondary N) is 1. The molecule has 2 heterocycles. The van der Waals surface area contributed by atoms with Crippen molar-refractivity contribution in [2.45, 2.75) is 18.9 Å². The number of carboxylic acid groups (broad SMARTS) is 1. The molecule has 152 valence electrons. The lowest BCUT2D eigenvalue weighted by Gasteiger charge is -2.23. The summed E-state index contributed by atoms with van der Waals surface area (Å²) in [6.45, 7) is 0.119.